The van der Waals surface area contributed by atoms with Crippen LogP contribution in [-0.4, -0.2) is 22.4 Å². The summed E-state index contributed by atoms with van der Waals surface area (Å²) in [6.07, 6.45) is 2.04. The molecule has 1 aliphatic carbocycles. The summed E-state index contributed by atoms with van der Waals surface area (Å²) in [6, 6.07) is 53.8. The molecule has 0 aliphatic heterocycles. The van der Waals surface area contributed by atoms with Crippen LogP contribution in [0.15, 0.2) is 168 Å². The van der Waals surface area contributed by atoms with Crippen molar-refractivity contribution >= 4 is 18.1 Å². The molecule has 1 aliphatic rings. The smallest absolute Gasteiger partial charge is 0.126 e. The molecule has 4 heteroatoms. The van der Waals surface area contributed by atoms with Gasteiger partial charge in [0.05, 0.1) is 23.6 Å². The molecule has 0 amide bonds. The van der Waals surface area contributed by atoms with Gasteiger partial charge in [0.2, 0.25) is 0 Å². The molecule has 4 nitrogen and oxygen atoms in total. The number of nitrogens with zero attached hydrogens (tertiary/aromatic N) is 4. The molecule has 0 fully saturated rings. The van der Waals surface area contributed by atoms with Crippen LogP contribution in [0, 0.1) is 13.8 Å². The van der Waals surface area contributed by atoms with Gasteiger partial charge >= 0.3 is 0 Å². The molecular weight excluding hydrogens is 657 g/mol. The number of rotatable bonds is 9. The van der Waals surface area contributed by atoms with Gasteiger partial charge in [0, 0.05) is 22.2 Å². The van der Waals surface area contributed by atoms with Gasteiger partial charge in [-0.25, -0.2) is 9.97 Å². The second-order valence-corrected chi connectivity index (χ2v) is 14.5. The topological polar surface area (TPSA) is 50.5 Å². The molecule has 6 aromatic carbocycles. The van der Waals surface area contributed by atoms with Gasteiger partial charge in [-0.3, -0.25) is 9.98 Å². The Balaban J connectivity index is 1.26. The van der Waals surface area contributed by atoms with E-state index in [2.05, 4.69) is 128 Å². The van der Waals surface area contributed by atoms with E-state index in [1.165, 1.54) is 27.8 Å². The third kappa shape index (κ3) is 6.87. The van der Waals surface area contributed by atoms with E-state index in [4.69, 9.17) is 9.98 Å². The Hall–Kier alpha value is -6.52. The molecule has 0 N–H and O–H groups in total. The Morgan fingerprint density at radius 1 is 0.593 bits per heavy atom. The molecule has 7 aromatic rings. The highest BCUT2D eigenvalue weighted by Crippen LogP contribution is 2.49. The maximum absolute atomic E-state index is 5.27. The van der Waals surface area contributed by atoms with Gasteiger partial charge < -0.3 is 0 Å². The van der Waals surface area contributed by atoms with Crippen LogP contribution in [0.25, 0.3) is 50.3 Å². The zero-order chi connectivity index (χ0) is 37.2. The molecule has 262 valence electrons. The van der Waals surface area contributed by atoms with Crippen LogP contribution < -0.4 is 0 Å². The van der Waals surface area contributed by atoms with E-state index in [1.807, 2.05) is 74.5 Å². The fourth-order valence-electron chi connectivity index (χ4n) is 7.70. The van der Waals surface area contributed by atoms with Crippen LogP contribution in [0.3, 0.4) is 0 Å². The van der Waals surface area contributed by atoms with Gasteiger partial charge in [0.1, 0.15) is 5.82 Å². The first-order valence-electron chi connectivity index (χ1n) is 18.4. The molecule has 1 aromatic heterocycles. The molecule has 0 saturated carbocycles. The number of allylic oxidation sites excluding steroid dienone is 1. The Morgan fingerprint density at radius 2 is 1.22 bits per heavy atom. The third-order valence-electron chi connectivity index (χ3n) is 10.4. The maximum Gasteiger partial charge on any atom is 0.126 e. The molecule has 0 saturated heterocycles. The van der Waals surface area contributed by atoms with E-state index < -0.39 is 0 Å². The van der Waals surface area contributed by atoms with Crippen LogP contribution in [0.2, 0.25) is 0 Å². The average molecular weight is 699 g/mol. The SMILES string of the molecule is C=N/C(=C\C(=NCc1cc(-c2cccc(-c3cc(C)nc(C)n3)c2)cc(-c2ccc3c(c2)-c2ccccc2C3(C)C)c1)c1ccccc1)c1ccccc1. The Kier molecular flexibility index (Phi) is 9.27. The summed E-state index contributed by atoms with van der Waals surface area (Å²) in [4.78, 5) is 19.0. The monoisotopic (exact) mass is 698 g/mol. The summed E-state index contributed by atoms with van der Waals surface area (Å²) in [6.45, 7) is 13.0. The van der Waals surface area contributed by atoms with Crippen molar-refractivity contribution in [1.82, 2.24) is 9.97 Å². The lowest BCUT2D eigenvalue weighted by molar-refractivity contribution is 0.660. The predicted octanol–water partition coefficient (Wildman–Crippen LogP) is 12.1. The molecule has 8 rings (SSSR count). The number of aliphatic imine (C=N–C) groups is 2. The Bertz CT molecular complexity index is 2560. The van der Waals surface area contributed by atoms with Crippen molar-refractivity contribution < 1.29 is 0 Å². The standard InChI is InChI=1S/C50H42N4/c1-33-25-49(54-34(2)53-33)40-20-14-19-38(28-40)41-26-35(32-52-48(37-17-10-7-11-18-37)31-47(51-5)36-15-8-6-9-16-36)27-42(29-41)39-23-24-46-44(30-39)43-21-12-13-22-45(43)50(46,3)4/h6-31H,5,32H2,1-4H3/b47-31-,52-48?. The summed E-state index contributed by atoms with van der Waals surface area (Å²) >= 11 is 0. The van der Waals surface area contributed by atoms with Crippen molar-refractivity contribution in [3.05, 3.63) is 197 Å². The summed E-state index contributed by atoms with van der Waals surface area (Å²) in [5, 5.41) is 0. The molecule has 0 atom stereocenters. The molecular formula is C50H42N4. The van der Waals surface area contributed by atoms with E-state index in [9.17, 15) is 0 Å². The normalized spacial score (nSPS) is 13.3. The largest absolute Gasteiger partial charge is 0.280 e. The van der Waals surface area contributed by atoms with Crippen molar-refractivity contribution in [2.45, 2.75) is 39.7 Å². The van der Waals surface area contributed by atoms with E-state index in [-0.39, 0.29) is 5.41 Å². The fraction of sp³-hybridized carbons (Fsp3) is 0.120. The predicted molar refractivity (Wildman–Crippen MR) is 226 cm³/mol. The molecule has 0 bridgehead atoms. The quantitative estimate of drug-likeness (QED) is 0.141. The number of fused-ring (bicyclic) bond motifs is 3. The highest BCUT2D eigenvalue weighted by Gasteiger charge is 2.35. The lowest BCUT2D eigenvalue weighted by Gasteiger charge is -2.21. The van der Waals surface area contributed by atoms with Gasteiger partial charge in [-0.15, -0.1) is 0 Å². The highest BCUT2D eigenvalue weighted by molar-refractivity contribution is 6.12. The van der Waals surface area contributed by atoms with Crippen LogP contribution >= 0.6 is 0 Å². The molecule has 0 spiro atoms. The van der Waals surface area contributed by atoms with Crippen LogP contribution in [0.4, 0.5) is 0 Å². The van der Waals surface area contributed by atoms with Crippen molar-refractivity contribution in [1.29, 1.82) is 0 Å². The minimum Gasteiger partial charge on any atom is -0.280 e. The van der Waals surface area contributed by atoms with Crippen molar-refractivity contribution in [3.8, 4) is 44.6 Å². The first-order chi connectivity index (χ1) is 26.3. The molecule has 0 radical (unpaired) electrons. The summed E-state index contributed by atoms with van der Waals surface area (Å²) < 4.78 is 0. The Morgan fingerprint density at radius 3 is 1.94 bits per heavy atom. The molecule has 54 heavy (non-hydrogen) atoms. The number of hydrogen-bond acceptors (Lipinski definition) is 4. The summed E-state index contributed by atoms with van der Waals surface area (Å²) in [5.41, 5.74) is 17.6. The van der Waals surface area contributed by atoms with Crippen LogP contribution in [-0.2, 0) is 12.0 Å². The van der Waals surface area contributed by atoms with E-state index in [0.717, 1.165) is 67.6 Å². The summed E-state index contributed by atoms with van der Waals surface area (Å²) in [5.74, 6) is 0.768. The minimum atomic E-state index is -0.0510. The van der Waals surface area contributed by atoms with Crippen LogP contribution in [0.1, 0.15) is 53.2 Å². The zero-order valence-electron chi connectivity index (χ0n) is 31.2. The van der Waals surface area contributed by atoms with Gasteiger partial charge in [0.25, 0.3) is 0 Å². The second kappa shape index (κ2) is 14.5. The van der Waals surface area contributed by atoms with Gasteiger partial charge in [-0.2, -0.15) is 0 Å². The number of benzene rings is 6. The number of aromatic nitrogens is 2. The van der Waals surface area contributed by atoms with E-state index in [0.29, 0.717) is 6.54 Å². The van der Waals surface area contributed by atoms with Crippen molar-refractivity contribution in [2.75, 3.05) is 0 Å². The highest BCUT2D eigenvalue weighted by atomic mass is 14.9. The number of aryl methyl sites for hydroxylation is 2. The summed E-state index contributed by atoms with van der Waals surface area (Å²) in [7, 11) is 0. The molecule has 0 unspecified atom stereocenters. The van der Waals surface area contributed by atoms with Gasteiger partial charge in [-0.1, -0.05) is 129 Å². The lowest BCUT2D eigenvalue weighted by atomic mass is 9.82. The van der Waals surface area contributed by atoms with Gasteiger partial charge in [-0.05, 0) is 119 Å². The van der Waals surface area contributed by atoms with Crippen molar-refractivity contribution in [2.24, 2.45) is 9.98 Å². The van der Waals surface area contributed by atoms with Crippen molar-refractivity contribution in [3.63, 3.8) is 0 Å². The fourth-order valence-corrected chi connectivity index (χ4v) is 7.70. The minimum absolute atomic E-state index is 0.0510. The van der Waals surface area contributed by atoms with E-state index in [1.54, 1.807) is 0 Å². The molecule has 1 heterocycles. The first kappa shape index (κ1) is 34.6. The van der Waals surface area contributed by atoms with Gasteiger partial charge in [0.15, 0.2) is 0 Å². The number of hydrogen-bond donors (Lipinski definition) is 0. The third-order valence-corrected chi connectivity index (χ3v) is 10.4. The average Bonchev–Trinajstić information content (AvgIpc) is 3.43. The first-order valence-corrected chi connectivity index (χ1v) is 18.4. The van der Waals surface area contributed by atoms with Crippen LogP contribution in [0.5, 0.6) is 0 Å². The van der Waals surface area contributed by atoms with E-state index >= 15 is 0 Å². The maximum atomic E-state index is 5.27. The Labute approximate surface area is 318 Å². The second-order valence-electron chi connectivity index (χ2n) is 14.5. The lowest BCUT2D eigenvalue weighted by Crippen LogP contribution is -2.14. The zero-order valence-corrected chi connectivity index (χ0v) is 31.2.